The summed E-state index contributed by atoms with van der Waals surface area (Å²) in [5, 5.41) is 119. The first-order valence-electron chi connectivity index (χ1n) is 32.8. The number of carbonyl (C=O) groups excluding carboxylic acids is 1. The average Bonchev–Trinajstić information content (AvgIpc) is 1.13. The number of aliphatic hydroxyl groups is 11. The molecule has 0 spiro atoms. The Morgan fingerprint density at radius 3 is 1.22 bits per heavy atom. The first kappa shape index (κ1) is 78.4. The van der Waals surface area contributed by atoms with Crippen molar-refractivity contribution >= 4 is 5.91 Å². The lowest BCUT2D eigenvalue weighted by Crippen LogP contribution is -2.66. The summed E-state index contributed by atoms with van der Waals surface area (Å²) < 4.78 is 34.0. The Bertz CT molecular complexity index is 2070. The van der Waals surface area contributed by atoms with E-state index in [4.69, 9.17) is 28.4 Å². The van der Waals surface area contributed by atoms with Crippen molar-refractivity contribution in [3.8, 4) is 0 Å². The summed E-state index contributed by atoms with van der Waals surface area (Å²) in [6.45, 7) is 1.40. The molecule has 3 saturated heterocycles. The molecule has 19 heteroatoms. The van der Waals surface area contributed by atoms with Crippen LogP contribution in [0, 0.1) is 0 Å². The molecule has 0 aromatic carbocycles. The Labute approximate surface area is 525 Å². The molecule has 12 N–H and O–H groups in total. The second kappa shape index (κ2) is 49.8. The van der Waals surface area contributed by atoms with E-state index in [-0.39, 0.29) is 18.9 Å². The molecule has 0 bridgehead atoms. The lowest BCUT2D eigenvalue weighted by Gasteiger charge is -2.48. The third-order valence-corrected chi connectivity index (χ3v) is 15.5. The number of nitrogens with one attached hydrogen (secondary N) is 1. The predicted molar refractivity (Wildman–Crippen MR) is 341 cm³/mol. The minimum Gasteiger partial charge on any atom is -0.394 e. The molecule has 19 nitrogen and oxygen atoms in total. The average molecular weight is 1240 g/mol. The van der Waals surface area contributed by atoms with Crippen LogP contribution in [0.15, 0.2) is 122 Å². The number of allylic oxidation sites excluding steroid dienone is 19. The summed E-state index contributed by atoms with van der Waals surface area (Å²) in [7, 11) is 0. The summed E-state index contributed by atoms with van der Waals surface area (Å²) in [5.41, 5.74) is 0. The van der Waals surface area contributed by atoms with Gasteiger partial charge in [-0.25, -0.2) is 0 Å². The standard InChI is InChI=1S/C69H113NO18/c1-3-5-7-9-10-11-12-13-14-15-16-17-18-19-20-21-22-23-24-25-26-27-28-29-30-31-32-33-34-35-36-37-38-39-40-41-42-43-45-47-57(75)70-52(53(74)46-44-8-6-4-2)51-83-67-63(81)60(78)65(55(49-72)85-67)88-69-64(82)61(79)66(56(50-73)86-69)87-68-62(80)59(77)58(76)54(48-71)84-68/h5,7,10-11,13-14,16-17,19-20,22-23,25-26,28-29,31-32,44,46,52-56,58-69,71-74,76-82H,3-4,6,8-9,12,15,18,21,24,27,30,33-43,45,47-51H2,1-2H3,(H,70,75)/b7-5-,11-10-,14-13-,17-16-,20-19-,23-22-,26-25-,29-28-,32-31-,46-44+. The first-order valence-corrected chi connectivity index (χ1v) is 32.8. The van der Waals surface area contributed by atoms with E-state index in [1.807, 2.05) is 13.0 Å². The Balaban J connectivity index is 1.25. The van der Waals surface area contributed by atoms with E-state index in [1.165, 1.54) is 38.5 Å². The van der Waals surface area contributed by atoms with Gasteiger partial charge in [-0.05, 0) is 83.5 Å². The van der Waals surface area contributed by atoms with Crippen LogP contribution in [0.5, 0.6) is 0 Å². The molecule has 0 saturated carbocycles. The fourth-order valence-corrected chi connectivity index (χ4v) is 10.2. The highest BCUT2D eigenvalue weighted by atomic mass is 16.8. The van der Waals surface area contributed by atoms with Gasteiger partial charge in [-0.1, -0.05) is 206 Å². The van der Waals surface area contributed by atoms with Gasteiger partial charge in [0, 0.05) is 6.42 Å². The Hall–Kier alpha value is -3.81. The highest BCUT2D eigenvalue weighted by Gasteiger charge is 2.53. The normalized spacial score (nSPS) is 29.2. The van der Waals surface area contributed by atoms with Crippen LogP contribution in [0.4, 0.5) is 0 Å². The fraction of sp³-hybridized carbons (Fsp3) is 0.696. The number of hydrogen-bond acceptors (Lipinski definition) is 18. The Morgan fingerprint density at radius 1 is 0.420 bits per heavy atom. The lowest BCUT2D eigenvalue weighted by molar-refractivity contribution is -0.379. The molecular formula is C69H113NO18. The van der Waals surface area contributed by atoms with Crippen LogP contribution in [-0.2, 0) is 33.2 Å². The van der Waals surface area contributed by atoms with Crippen molar-refractivity contribution in [3.05, 3.63) is 122 Å². The van der Waals surface area contributed by atoms with Crippen LogP contribution in [0.2, 0.25) is 0 Å². The van der Waals surface area contributed by atoms with Gasteiger partial charge in [-0.15, -0.1) is 0 Å². The van der Waals surface area contributed by atoms with Gasteiger partial charge < -0.3 is 89.9 Å². The van der Waals surface area contributed by atoms with Crippen LogP contribution < -0.4 is 5.32 Å². The van der Waals surface area contributed by atoms with Crippen molar-refractivity contribution < 1.29 is 89.4 Å². The summed E-state index contributed by atoms with van der Waals surface area (Å²) in [5.74, 6) is -0.295. The van der Waals surface area contributed by atoms with Crippen LogP contribution in [0.25, 0.3) is 0 Å². The zero-order valence-corrected chi connectivity index (χ0v) is 52.6. The fourth-order valence-electron chi connectivity index (χ4n) is 10.2. The Kier molecular flexibility index (Phi) is 44.4. The molecule has 0 aromatic heterocycles. The molecule has 0 radical (unpaired) electrons. The molecule has 17 unspecified atom stereocenters. The predicted octanol–water partition coefficient (Wildman–Crippen LogP) is 7.65. The van der Waals surface area contributed by atoms with Gasteiger partial charge in [-0.2, -0.15) is 0 Å². The molecule has 88 heavy (non-hydrogen) atoms. The largest absolute Gasteiger partial charge is 0.394 e. The van der Waals surface area contributed by atoms with E-state index in [0.29, 0.717) is 12.8 Å². The minimum absolute atomic E-state index is 0.230. The van der Waals surface area contributed by atoms with E-state index in [1.54, 1.807) is 6.08 Å². The number of aliphatic hydroxyl groups excluding tert-OH is 11. The van der Waals surface area contributed by atoms with Crippen LogP contribution in [0.3, 0.4) is 0 Å². The van der Waals surface area contributed by atoms with Gasteiger partial charge >= 0.3 is 0 Å². The highest BCUT2D eigenvalue weighted by molar-refractivity contribution is 5.76. The van der Waals surface area contributed by atoms with Gasteiger partial charge in [0.1, 0.15) is 73.2 Å². The molecule has 3 fully saturated rings. The number of carbonyl (C=O) groups is 1. The number of ether oxygens (including phenoxy) is 6. The summed E-state index contributed by atoms with van der Waals surface area (Å²) in [4.78, 5) is 13.2. The van der Waals surface area contributed by atoms with Gasteiger partial charge in [0.15, 0.2) is 18.9 Å². The van der Waals surface area contributed by atoms with Crippen molar-refractivity contribution in [1.29, 1.82) is 0 Å². The molecule has 3 aliphatic heterocycles. The first-order chi connectivity index (χ1) is 42.8. The minimum atomic E-state index is -1.98. The maximum atomic E-state index is 13.2. The van der Waals surface area contributed by atoms with Gasteiger partial charge in [-0.3, -0.25) is 4.79 Å². The zero-order chi connectivity index (χ0) is 64.0. The maximum Gasteiger partial charge on any atom is 0.220 e. The van der Waals surface area contributed by atoms with Gasteiger partial charge in [0.05, 0.1) is 38.6 Å². The summed E-state index contributed by atoms with van der Waals surface area (Å²) in [6, 6.07) is -0.978. The monoisotopic (exact) mass is 1240 g/mol. The maximum absolute atomic E-state index is 13.2. The topological polar surface area (TPSA) is 307 Å². The van der Waals surface area contributed by atoms with E-state index in [2.05, 4.69) is 122 Å². The Morgan fingerprint density at radius 2 is 0.784 bits per heavy atom. The molecule has 0 aliphatic carbocycles. The second-order valence-electron chi connectivity index (χ2n) is 22.8. The third kappa shape index (κ3) is 32.0. The zero-order valence-electron chi connectivity index (χ0n) is 52.6. The lowest BCUT2D eigenvalue weighted by atomic mass is 9.96. The highest BCUT2D eigenvalue weighted by Crippen LogP contribution is 2.33. The molecule has 3 heterocycles. The SMILES string of the molecule is CC/C=C\C/C=C\C/C=C\C/C=C\C/C=C\C/C=C\C/C=C\C/C=C\C/C=C\CCCCCCCCCCCCCC(=O)NC(COC1OC(CO)C(OC2OC(CO)C(OC3OC(CO)C(O)C(O)C3O)C(O)C2O)C(O)C1O)C(O)/C=C/CCCC. The third-order valence-electron chi connectivity index (χ3n) is 15.5. The van der Waals surface area contributed by atoms with Crippen molar-refractivity contribution in [2.75, 3.05) is 26.4 Å². The molecular weight excluding hydrogens is 1130 g/mol. The van der Waals surface area contributed by atoms with E-state index in [0.717, 1.165) is 103 Å². The van der Waals surface area contributed by atoms with Crippen molar-refractivity contribution in [3.63, 3.8) is 0 Å². The van der Waals surface area contributed by atoms with Crippen molar-refractivity contribution in [1.82, 2.24) is 5.32 Å². The number of unbranched alkanes of at least 4 members (excludes halogenated alkanes) is 13. The van der Waals surface area contributed by atoms with Gasteiger partial charge in [0.25, 0.3) is 0 Å². The molecule has 3 aliphatic rings. The van der Waals surface area contributed by atoms with Crippen LogP contribution in [0.1, 0.15) is 174 Å². The van der Waals surface area contributed by atoms with E-state index < -0.39 is 124 Å². The molecule has 1 amide bonds. The van der Waals surface area contributed by atoms with E-state index >= 15 is 0 Å². The van der Waals surface area contributed by atoms with Crippen LogP contribution in [-0.4, -0.2) is 193 Å². The molecule has 17 atom stereocenters. The van der Waals surface area contributed by atoms with Gasteiger partial charge in [0.2, 0.25) is 5.91 Å². The van der Waals surface area contributed by atoms with Crippen molar-refractivity contribution in [2.24, 2.45) is 0 Å². The van der Waals surface area contributed by atoms with Crippen molar-refractivity contribution in [2.45, 2.75) is 279 Å². The number of amides is 1. The molecule has 502 valence electrons. The summed E-state index contributed by atoms with van der Waals surface area (Å²) >= 11 is 0. The molecule has 0 aromatic rings. The summed E-state index contributed by atoms with van der Waals surface area (Å²) in [6.07, 6.45) is 41.6. The number of hydrogen-bond donors (Lipinski definition) is 12. The smallest absolute Gasteiger partial charge is 0.220 e. The molecule has 3 rings (SSSR count). The second-order valence-corrected chi connectivity index (χ2v) is 22.8. The van der Waals surface area contributed by atoms with E-state index in [9.17, 15) is 61.0 Å². The number of rotatable bonds is 47. The quantitative estimate of drug-likeness (QED) is 0.0206. The van der Waals surface area contributed by atoms with Crippen LogP contribution >= 0.6 is 0 Å².